The molecule has 0 aliphatic carbocycles. The summed E-state index contributed by atoms with van der Waals surface area (Å²) in [6.45, 7) is 0.256. The molecule has 0 spiro atoms. The average molecular weight is 327 g/mol. The van der Waals surface area contributed by atoms with Crippen LogP contribution in [0.15, 0.2) is 30.3 Å². The van der Waals surface area contributed by atoms with Crippen LogP contribution in [0.25, 0.3) is 0 Å². The smallest absolute Gasteiger partial charge is 0.299 e. The summed E-state index contributed by atoms with van der Waals surface area (Å²) in [5.74, 6) is 0.244. The largest absolute Gasteiger partial charge is 0.496 e. The minimum absolute atomic E-state index is 0.0116. The van der Waals surface area contributed by atoms with E-state index >= 15 is 0 Å². The lowest BCUT2D eigenvalue weighted by Gasteiger charge is -2.08. The normalized spacial score (nSPS) is 10.2. The highest BCUT2D eigenvalue weighted by Gasteiger charge is 2.21. The van der Waals surface area contributed by atoms with E-state index < -0.39 is 10.8 Å². The molecule has 0 fully saturated rings. The third kappa shape index (κ3) is 3.50. The maximum Gasteiger partial charge on any atom is 0.299 e. The van der Waals surface area contributed by atoms with Gasteiger partial charge in [0.1, 0.15) is 10.6 Å². The third-order valence-electron chi connectivity index (χ3n) is 2.72. The molecule has 2 aromatic rings. The number of nitrogens with one attached hydrogen (secondary N) is 1. The van der Waals surface area contributed by atoms with Crippen molar-refractivity contribution in [2.75, 3.05) is 7.11 Å². The van der Waals surface area contributed by atoms with Gasteiger partial charge in [0.25, 0.3) is 11.6 Å². The maximum absolute atomic E-state index is 12.0. The Balaban J connectivity index is 2.08. The molecule has 0 saturated heterocycles. The van der Waals surface area contributed by atoms with Crippen molar-refractivity contribution < 1.29 is 14.5 Å². The summed E-state index contributed by atoms with van der Waals surface area (Å²) in [7, 11) is 1.54. The molecule has 0 atom stereocenters. The van der Waals surface area contributed by atoms with Crippen LogP contribution in [0.2, 0.25) is 4.34 Å². The van der Waals surface area contributed by atoms with Crippen LogP contribution in [-0.2, 0) is 6.54 Å². The van der Waals surface area contributed by atoms with E-state index in [2.05, 4.69) is 5.32 Å². The van der Waals surface area contributed by atoms with Crippen molar-refractivity contribution in [3.63, 3.8) is 0 Å². The van der Waals surface area contributed by atoms with E-state index in [9.17, 15) is 14.9 Å². The monoisotopic (exact) mass is 326 g/mol. The number of methoxy groups -OCH3 is 1. The second-order valence-electron chi connectivity index (χ2n) is 4.02. The molecule has 8 heteroatoms. The lowest BCUT2D eigenvalue weighted by molar-refractivity contribution is -0.384. The van der Waals surface area contributed by atoms with Gasteiger partial charge < -0.3 is 10.1 Å². The number of thiophene rings is 1. The Kier molecular flexibility index (Phi) is 4.77. The molecule has 21 heavy (non-hydrogen) atoms. The van der Waals surface area contributed by atoms with Crippen molar-refractivity contribution >= 4 is 34.5 Å². The van der Waals surface area contributed by atoms with Crippen molar-refractivity contribution in [3.8, 4) is 5.75 Å². The number of hydrogen-bond donors (Lipinski definition) is 1. The summed E-state index contributed by atoms with van der Waals surface area (Å²) < 4.78 is 5.17. The van der Waals surface area contributed by atoms with Crippen LogP contribution in [0, 0.1) is 10.1 Å². The number of hydrogen-bond acceptors (Lipinski definition) is 5. The van der Waals surface area contributed by atoms with Crippen LogP contribution in [-0.4, -0.2) is 17.9 Å². The number of nitro groups is 1. The number of nitrogens with zero attached hydrogens (tertiary/aromatic N) is 1. The van der Waals surface area contributed by atoms with Crippen molar-refractivity contribution in [2.24, 2.45) is 0 Å². The first kappa shape index (κ1) is 15.3. The number of ether oxygens (including phenoxy) is 1. The predicted octanol–water partition coefficient (Wildman–Crippen LogP) is 3.25. The highest BCUT2D eigenvalue weighted by molar-refractivity contribution is 7.18. The fraction of sp³-hybridized carbons (Fsp3) is 0.154. The zero-order valence-corrected chi connectivity index (χ0v) is 12.5. The summed E-state index contributed by atoms with van der Waals surface area (Å²) in [6.07, 6.45) is 0. The minimum atomic E-state index is -0.615. The fourth-order valence-electron chi connectivity index (χ4n) is 1.71. The van der Waals surface area contributed by atoms with Crippen molar-refractivity contribution in [3.05, 3.63) is 55.2 Å². The number of carbonyl (C=O) groups is 1. The topological polar surface area (TPSA) is 81.5 Å². The number of halogens is 1. The Morgan fingerprint density at radius 1 is 1.48 bits per heavy atom. The van der Waals surface area contributed by atoms with Crippen molar-refractivity contribution in [1.29, 1.82) is 0 Å². The van der Waals surface area contributed by atoms with E-state index in [0.29, 0.717) is 5.75 Å². The van der Waals surface area contributed by atoms with Crippen molar-refractivity contribution in [1.82, 2.24) is 5.32 Å². The number of rotatable bonds is 5. The van der Waals surface area contributed by atoms with Crippen LogP contribution in [0.4, 0.5) is 5.69 Å². The molecule has 0 unspecified atom stereocenters. The Bertz CT molecular complexity index is 687. The molecule has 0 aliphatic heterocycles. The lowest BCUT2D eigenvalue weighted by atomic mass is 10.2. The third-order valence-corrected chi connectivity index (χ3v) is 4.06. The summed E-state index contributed by atoms with van der Waals surface area (Å²) in [6, 6.07) is 8.44. The van der Waals surface area contributed by atoms with E-state index in [1.807, 2.05) is 18.2 Å². The number of benzene rings is 1. The highest BCUT2D eigenvalue weighted by Crippen LogP contribution is 2.33. The molecule has 0 saturated carbocycles. The Morgan fingerprint density at radius 3 is 2.81 bits per heavy atom. The maximum atomic E-state index is 12.0. The fourth-order valence-corrected chi connectivity index (χ4v) is 2.85. The van der Waals surface area contributed by atoms with E-state index in [1.165, 1.54) is 6.07 Å². The molecule has 1 heterocycles. The van der Waals surface area contributed by atoms with Gasteiger partial charge >= 0.3 is 0 Å². The molecule has 1 amide bonds. The summed E-state index contributed by atoms with van der Waals surface area (Å²) >= 11 is 6.60. The van der Waals surface area contributed by atoms with Crippen LogP contribution < -0.4 is 10.1 Å². The van der Waals surface area contributed by atoms with E-state index in [1.54, 1.807) is 13.2 Å². The van der Waals surface area contributed by atoms with Gasteiger partial charge in [-0.15, -0.1) is 11.3 Å². The molecular formula is C13H11ClN2O4S. The molecule has 0 radical (unpaired) electrons. The van der Waals surface area contributed by atoms with Crippen molar-refractivity contribution in [2.45, 2.75) is 6.54 Å². The first-order chi connectivity index (χ1) is 10.0. The molecule has 0 aliphatic rings. The molecule has 1 N–H and O–H groups in total. The highest BCUT2D eigenvalue weighted by atomic mass is 35.5. The van der Waals surface area contributed by atoms with E-state index in [4.69, 9.17) is 16.3 Å². The summed E-state index contributed by atoms with van der Waals surface area (Å²) in [5.41, 5.74) is 0.551. The van der Waals surface area contributed by atoms with Crippen LogP contribution >= 0.6 is 22.9 Å². The molecule has 1 aromatic carbocycles. The van der Waals surface area contributed by atoms with Gasteiger partial charge in [0.15, 0.2) is 4.34 Å². The molecule has 2 rings (SSSR count). The van der Waals surface area contributed by atoms with Gasteiger partial charge in [-0.3, -0.25) is 14.9 Å². The number of carbonyl (C=O) groups excluding carboxylic acids is 1. The van der Waals surface area contributed by atoms with E-state index in [0.717, 1.165) is 16.9 Å². The van der Waals surface area contributed by atoms with E-state index in [-0.39, 0.29) is 21.4 Å². The molecular weight excluding hydrogens is 316 g/mol. The van der Waals surface area contributed by atoms with Crippen LogP contribution in [0.5, 0.6) is 5.75 Å². The molecule has 0 bridgehead atoms. The van der Waals surface area contributed by atoms with Gasteiger partial charge in [-0.05, 0) is 6.07 Å². The standard InChI is InChI=1S/C13H11ClN2O4S/c1-20-10-5-3-2-4-8(10)7-15-13(17)11-6-9(16(18)19)12(14)21-11/h2-6H,7H2,1H3,(H,15,17). The van der Waals surface area contributed by atoms with Gasteiger partial charge in [-0.2, -0.15) is 0 Å². The Hall–Kier alpha value is -2.12. The first-order valence-corrected chi connectivity index (χ1v) is 7.06. The molecule has 110 valence electrons. The Morgan fingerprint density at radius 2 is 2.19 bits per heavy atom. The minimum Gasteiger partial charge on any atom is -0.496 e. The first-order valence-electron chi connectivity index (χ1n) is 5.86. The summed E-state index contributed by atoms with van der Waals surface area (Å²) in [5, 5.41) is 13.4. The molecule has 6 nitrogen and oxygen atoms in total. The lowest BCUT2D eigenvalue weighted by Crippen LogP contribution is -2.22. The second-order valence-corrected chi connectivity index (χ2v) is 5.68. The quantitative estimate of drug-likeness (QED) is 0.675. The van der Waals surface area contributed by atoms with Gasteiger partial charge in [0, 0.05) is 18.2 Å². The zero-order valence-electron chi connectivity index (χ0n) is 11.0. The zero-order chi connectivity index (χ0) is 15.4. The number of para-hydroxylation sites is 1. The second kappa shape index (κ2) is 6.55. The van der Waals surface area contributed by atoms with Crippen LogP contribution in [0.3, 0.4) is 0 Å². The Labute approximate surface area is 129 Å². The van der Waals surface area contributed by atoms with Gasteiger partial charge in [0.05, 0.1) is 12.0 Å². The summed E-state index contributed by atoms with van der Waals surface area (Å²) in [4.78, 5) is 22.3. The van der Waals surface area contributed by atoms with Gasteiger partial charge in [0.2, 0.25) is 0 Å². The average Bonchev–Trinajstić information content (AvgIpc) is 2.87. The van der Waals surface area contributed by atoms with Crippen LogP contribution in [0.1, 0.15) is 15.2 Å². The molecule has 1 aromatic heterocycles. The van der Waals surface area contributed by atoms with Gasteiger partial charge in [-0.1, -0.05) is 29.8 Å². The predicted molar refractivity (Wildman–Crippen MR) is 80.1 cm³/mol. The number of amides is 1. The van der Waals surface area contributed by atoms with Gasteiger partial charge in [-0.25, -0.2) is 0 Å². The SMILES string of the molecule is COc1ccccc1CNC(=O)c1cc([N+](=O)[O-])c(Cl)s1.